The highest BCUT2D eigenvalue weighted by Gasteiger charge is 2.30. The van der Waals surface area contributed by atoms with Crippen molar-refractivity contribution < 1.29 is 13.2 Å². The molecule has 0 N–H and O–H groups in total. The molecule has 1 aromatic rings. The fraction of sp³-hybridized carbons (Fsp3) is 0.500. The Bertz CT molecular complexity index is 375. The molecule has 0 unspecified atom stereocenters. The van der Waals surface area contributed by atoms with Crippen LogP contribution in [0.25, 0.3) is 0 Å². The first-order valence-corrected chi connectivity index (χ1v) is 5.68. The van der Waals surface area contributed by atoms with Crippen molar-refractivity contribution in [2.45, 2.75) is 19.0 Å². The summed E-state index contributed by atoms with van der Waals surface area (Å²) >= 11 is 5.69. The van der Waals surface area contributed by atoms with E-state index in [4.69, 9.17) is 11.6 Å². The first kappa shape index (κ1) is 14.3. The number of halogens is 4. The van der Waals surface area contributed by atoms with Gasteiger partial charge in [0.1, 0.15) is 0 Å². The Morgan fingerprint density at radius 3 is 2.35 bits per heavy atom. The lowest BCUT2D eigenvalue weighted by atomic mass is 10.1. The van der Waals surface area contributed by atoms with Gasteiger partial charge in [0.05, 0.1) is 5.56 Å². The van der Waals surface area contributed by atoms with Gasteiger partial charge in [-0.05, 0) is 57.2 Å². The van der Waals surface area contributed by atoms with E-state index in [0.717, 1.165) is 19.0 Å². The number of aryl methyl sites for hydroxylation is 1. The van der Waals surface area contributed by atoms with Crippen molar-refractivity contribution >= 4 is 11.6 Å². The first-order chi connectivity index (χ1) is 7.79. The van der Waals surface area contributed by atoms with Gasteiger partial charge in [-0.3, -0.25) is 0 Å². The van der Waals surface area contributed by atoms with Gasteiger partial charge in [-0.2, -0.15) is 13.2 Å². The van der Waals surface area contributed by atoms with E-state index in [-0.39, 0.29) is 5.02 Å². The molecule has 0 saturated heterocycles. The Morgan fingerprint density at radius 2 is 1.82 bits per heavy atom. The van der Waals surface area contributed by atoms with Gasteiger partial charge in [-0.25, -0.2) is 0 Å². The van der Waals surface area contributed by atoms with Crippen molar-refractivity contribution in [2.75, 3.05) is 20.6 Å². The molecule has 1 aromatic carbocycles. The Balaban J connectivity index is 2.76. The van der Waals surface area contributed by atoms with Gasteiger partial charge in [-0.15, -0.1) is 0 Å². The van der Waals surface area contributed by atoms with E-state index < -0.39 is 11.7 Å². The topological polar surface area (TPSA) is 3.24 Å². The lowest BCUT2D eigenvalue weighted by Crippen LogP contribution is -2.13. The molecule has 0 heterocycles. The Kier molecular flexibility index (Phi) is 4.83. The quantitative estimate of drug-likeness (QED) is 0.799. The predicted octanol–water partition coefficient (Wildman–Crippen LogP) is 3.85. The van der Waals surface area contributed by atoms with E-state index in [9.17, 15) is 13.2 Å². The lowest BCUT2D eigenvalue weighted by Gasteiger charge is -2.11. The third-order valence-corrected chi connectivity index (χ3v) is 2.57. The number of nitrogens with zero attached hydrogens (tertiary/aromatic N) is 1. The highest BCUT2D eigenvalue weighted by atomic mass is 35.5. The minimum Gasteiger partial charge on any atom is -0.309 e. The SMILES string of the molecule is CN(C)CCCc1cc(Cl)cc(C(F)(F)F)c1. The van der Waals surface area contributed by atoms with Crippen molar-refractivity contribution in [1.29, 1.82) is 0 Å². The van der Waals surface area contributed by atoms with E-state index in [1.165, 1.54) is 6.07 Å². The molecule has 1 rings (SSSR count). The summed E-state index contributed by atoms with van der Waals surface area (Å²) in [7, 11) is 3.86. The maximum Gasteiger partial charge on any atom is 0.416 e. The average Bonchev–Trinajstić information content (AvgIpc) is 2.14. The van der Waals surface area contributed by atoms with Gasteiger partial charge < -0.3 is 4.90 Å². The number of hydrogen-bond donors (Lipinski definition) is 0. The van der Waals surface area contributed by atoms with Gasteiger partial charge in [0.2, 0.25) is 0 Å². The number of alkyl halides is 3. The highest BCUT2D eigenvalue weighted by molar-refractivity contribution is 6.30. The molecule has 0 amide bonds. The van der Waals surface area contributed by atoms with Gasteiger partial charge >= 0.3 is 6.18 Å². The summed E-state index contributed by atoms with van der Waals surface area (Å²) in [6.45, 7) is 0.841. The molecule has 0 spiro atoms. The van der Waals surface area contributed by atoms with Crippen LogP contribution in [-0.4, -0.2) is 25.5 Å². The summed E-state index contributed by atoms with van der Waals surface area (Å²) in [6.07, 6.45) is -2.92. The fourth-order valence-corrected chi connectivity index (χ4v) is 1.82. The largest absolute Gasteiger partial charge is 0.416 e. The minimum atomic E-state index is -4.33. The summed E-state index contributed by atoms with van der Waals surface area (Å²) in [5.41, 5.74) is -0.0449. The monoisotopic (exact) mass is 265 g/mol. The van der Waals surface area contributed by atoms with Crippen LogP contribution in [-0.2, 0) is 12.6 Å². The van der Waals surface area contributed by atoms with E-state index in [1.54, 1.807) is 6.07 Å². The second-order valence-corrected chi connectivity index (χ2v) is 4.69. The number of hydrogen-bond acceptors (Lipinski definition) is 1. The molecule has 0 aliphatic carbocycles. The fourth-order valence-electron chi connectivity index (χ4n) is 1.56. The maximum atomic E-state index is 12.5. The molecule has 0 aliphatic heterocycles. The summed E-state index contributed by atoms with van der Waals surface area (Å²) < 4.78 is 37.6. The Labute approximate surface area is 104 Å². The van der Waals surface area contributed by atoms with Crippen LogP contribution >= 0.6 is 11.6 Å². The molecule has 0 aromatic heterocycles. The van der Waals surface area contributed by atoms with Gasteiger partial charge in [0, 0.05) is 5.02 Å². The van der Waals surface area contributed by atoms with Crippen LogP contribution in [0, 0.1) is 0 Å². The first-order valence-electron chi connectivity index (χ1n) is 5.30. The molecule has 17 heavy (non-hydrogen) atoms. The molecule has 0 fully saturated rings. The van der Waals surface area contributed by atoms with Crippen molar-refractivity contribution in [3.8, 4) is 0 Å². The van der Waals surface area contributed by atoms with Crippen LogP contribution in [0.4, 0.5) is 13.2 Å². The highest BCUT2D eigenvalue weighted by Crippen LogP contribution is 2.32. The standard InChI is InChI=1S/C12H15ClF3N/c1-17(2)5-3-4-9-6-10(12(14,15)16)8-11(13)7-9/h6-8H,3-5H2,1-2H3. The Morgan fingerprint density at radius 1 is 1.18 bits per heavy atom. The molecule has 0 radical (unpaired) electrons. The van der Waals surface area contributed by atoms with Crippen molar-refractivity contribution in [3.63, 3.8) is 0 Å². The average molecular weight is 266 g/mol. The molecule has 0 saturated carbocycles. The predicted molar refractivity (Wildman–Crippen MR) is 63.3 cm³/mol. The van der Waals surface area contributed by atoms with Gasteiger partial charge in [0.25, 0.3) is 0 Å². The lowest BCUT2D eigenvalue weighted by molar-refractivity contribution is -0.137. The summed E-state index contributed by atoms with van der Waals surface area (Å²) in [5.74, 6) is 0. The van der Waals surface area contributed by atoms with Crippen LogP contribution in [0.15, 0.2) is 18.2 Å². The van der Waals surface area contributed by atoms with Crippen LogP contribution < -0.4 is 0 Å². The summed E-state index contributed by atoms with van der Waals surface area (Å²) in [6, 6.07) is 3.71. The zero-order chi connectivity index (χ0) is 13.1. The third-order valence-electron chi connectivity index (χ3n) is 2.36. The third kappa shape index (κ3) is 4.96. The zero-order valence-electron chi connectivity index (χ0n) is 9.81. The van der Waals surface area contributed by atoms with Crippen molar-refractivity contribution in [2.24, 2.45) is 0 Å². The van der Waals surface area contributed by atoms with E-state index in [1.807, 2.05) is 19.0 Å². The molecule has 0 atom stereocenters. The van der Waals surface area contributed by atoms with Crippen molar-refractivity contribution in [1.82, 2.24) is 4.90 Å². The van der Waals surface area contributed by atoms with Gasteiger partial charge in [0.15, 0.2) is 0 Å². The molecule has 96 valence electrons. The molecule has 0 bridgehead atoms. The summed E-state index contributed by atoms with van der Waals surface area (Å²) in [4.78, 5) is 2.00. The zero-order valence-corrected chi connectivity index (χ0v) is 10.6. The summed E-state index contributed by atoms with van der Waals surface area (Å²) in [5, 5.41) is 0.139. The number of rotatable bonds is 4. The number of benzene rings is 1. The second-order valence-electron chi connectivity index (χ2n) is 4.25. The second kappa shape index (κ2) is 5.74. The van der Waals surface area contributed by atoms with Crippen molar-refractivity contribution in [3.05, 3.63) is 34.3 Å². The Hall–Kier alpha value is -0.740. The molecule has 0 aliphatic rings. The van der Waals surface area contributed by atoms with E-state index in [0.29, 0.717) is 12.0 Å². The van der Waals surface area contributed by atoms with Crippen LogP contribution in [0.3, 0.4) is 0 Å². The molecular formula is C12H15ClF3N. The minimum absolute atomic E-state index is 0.139. The van der Waals surface area contributed by atoms with Crippen LogP contribution in [0.5, 0.6) is 0 Å². The molecular weight excluding hydrogens is 251 g/mol. The molecule has 5 heteroatoms. The van der Waals surface area contributed by atoms with Crippen LogP contribution in [0.1, 0.15) is 17.5 Å². The smallest absolute Gasteiger partial charge is 0.309 e. The normalized spacial score (nSPS) is 12.2. The molecule has 1 nitrogen and oxygen atoms in total. The van der Waals surface area contributed by atoms with Crippen LogP contribution in [0.2, 0.25) is 5.02 Å². The van der Waals surface area contributed by atoms with E-state index in [2.05, 4.69) is 0 Å². The van der Waals surface area contributed by atoms with Gasteiger partial charge in [-0.1, -0.05) is 11.6 Å². The van der Waals surface area contributed by atoms with E-state index >= 15 is 0 Å². The maximum absolute atomic E-state index is 12.5.